The van der Waals surface area contributed by atoms with Gasteiger partial charge in [-0.25, -0.2) is 4.39 Å². The Morgan fingerprint density at radius 1 is 1.30 bits per heavy atom. The number of likely N-dealkylation sites (tertiary alicyclic amines) is 1. The van der Waals surface area contributed by atoms with Crippen molar-refractivity contribution in [3.63, 3.8) is 0 Å². The Morgan fingerprint density at radius 2 is 1.96 bits per heavy atom. The standard InChI is InChI=1S/C18H25FN2O2/c1-12(2)18(23)21-8-6-14(7-9-21)10-17(22)20-15-5-4-13(3)16(19)11-15/h4-5,11-12,14H,6-10H2,1-3H3,(H,20,22). The van der Waals surface area contributed by atoms with Crippen LogP contribution in [0.1, 0.15) is 38.7 Å². The molecule has 2 rings (SSSR count). The molecule has 1 heterocycles. The number of rotatable bonds is 4. The second-order valence-corrected chi connectivity index (χ2v) is 6.64. The third kappa shape index (κ3) is 4.78. The van der Waals surface area contributed by atoms with Crippen LogP contribution in [-0.2, 0) is 9.59 Å². The van der Waals surface area contributed by atoms with E-state index in [1.165, 1.54) is 6.07 Å². The molecule has 1 aromatic rings. The van der Waals surface area contributed by atoms with Crippen molar-refractivity contribution >= 4 is 17.5 Å². The monoisotopic (exact) mass is 320 g/mol. The third-order valence-corrected chi connectivity index (χ3v) is 4.35. The zero-order valence-corrected chi connectivity index (χ0v) is 14.1. The molecule has 0 radical (unpaired) electrons. The zero-order valence-electron chi connectivity index (χ0n) is 14.1. The van der Waals surface area contributed by atoms with Gasteiger partial charge in [-0.3, -0.25) is 9.59 Å². The Labute approximate surface area is 137 Å². The molecule has 0 atom stereocenters. The molecule has 0 spiro atoms. The van der Waals surface area contributed by atoms with Gasteiger partial charge in [-0.05, 0) is 43.4 Å². The first kappa shape index (κ1) is 17.4. The second-order valence-electron chi connectivity index (χ2n) is 6.64. The third-order valence-electron chi connectivity index (χ3n) is 4.35. The van der Waals surface area contributed by atoms with E-state index in [1.54, 1.807) is 19.1 Å². The van der Waals surface area contributed by atoms with Gasteiger partial charge < -0.3 is 10.2 Å². The van der Waals surface area contributed by atoms with Crippen LogP contribution in [0.15, 0.2) is 18.2 Å². The lowest BCUT2D eigenvalue weighted by Gasteiger charge is -2.32. The highest BCUT2D eigenvalue weighted by Crippen LogP contribution is 2.22. The molecular weight excluding hydrogens is 295 g/mol. The first-order valence-electron chi connectivity index (χ1n) is 8.21. The maximum atomic E-state index is 13.5. The Hall–Kier alpha value is -1.91. The summed E-state index contributed by atoms with van der Waals surface area (Å²) in [6.45, 7) is 6.93. The van der Waals surface area contributed by atoms with E-state index in [1.807, 2.05) is 18.7 Å². The summed E-state index contributed by atoms with van der Waals surface area (Å²) in [4.78, 5) is 25.9. The number of aryl methyl sites for hydroxylation is 1. The summed E-state index contributed by atoms with van der Waals surface area (Å²) in [5, 5.41) is 2.75. The molecule has 0 aliphatic carbocycles. The molecule has 0 bridgehead atoms. The van der Waals surface area contributed by atoms with Crippen LogP contribution in [0.5, 0.6) is 0 Å². The summed E-state index contributed by atoms with van der Waals surface area (Å²) in [5.41, 5.74) is 1.05. The van der Waals surface area contributed by atoms with Crippen LogP contribution in [-0.4, -0.2) is 29.8 Å². The average Bonchev–Trinajstić information content (AvgIpc) is 2.51. The van der Waals surface area contributed by atoms with Crippen LogP contribution in [0.25, 0.3) is 0 Å². The normalized spacial score (nSPS) is 15.8. The lowest BCUT2D eigenvalue weighted by Crippen LogP contribution is -2.41. The number of piperidine rings is 1. The van der Waals surface area contributed by atoms with Gasteiger partial charge in [0.05, 0.1) is 0 Å². The molecule has 5 heteroatoms. The minimum atomic E-state index is -0.316. The van der Waals surface area contributed by atoms with Crippen molar-refractivity contribution in [2.45, 2.75) is 40.0 Å². The van der Waals surface area contributed by atoms with Gasteiger partial charge in [0.15, 0.2) is 0 Å². The number of hydrogen-bond donors (Lipinski definition) is 1. The first-order chi connectivity index (χ1) is 10.9. The van der Waals surface area contributed by atoms with Gasteiger partial charge >= 0.3 is 0 Å². The number of amides is 2. The number of halogens is 1. The van der Waals surface area contributed by atoms with Crippen LogP contribution in [0.2, 0.25) is 0 Å². The molecule has 2 amide bonds. The molecule has 0 unspecified atom stereocenters. The van der Waals surface area contributed by atoms with E-state index >= 15 is 0 Å². The van der Waals surface area contributed by atoms with E-state index in [2.05, 4.69) is 5.32 Å². The van der Waals surface area contributed by atoms with Gasteiger partial charge in [0.1, 0.15) is 5.82 Å². The van der Waals surface area contributed by atoms with Crippen LogP contribution >= 0.6 is 0 Å². The second kappa shape index (κ2) is 7.57. The number of carbonyl (C=O) groups excluding carboxylic acids is 2. The quantitative estimate of drug-likeness (QED) is 0.925. The van der Waals surface area contributed by atoms with E-state index in [0.717, 1.165) is 12.8 Å². The summed E-state index contributed by atoms with van der Waals surface area (Å²) in [7, 11) is 0. The topological polar surface area (TPSA) is 49.4 Å². The predicted molar refractivity (Wildman–Crippen MR) is 88.5 cm³/mol. The number of nitrogens with zero attached hydrogens (tertiary/aromatic N) is 1. The van der Waals surface area contributed by atoms with Crippen molar-refractivity contribution in [3.05, 3.63) is 29.6 Å². The van der Waals surface area contributed by atoms with Crippen molar-refractivity contribution in [1.29, 1.82) is 0 Å². The molecule has 126 valence electrons. The van der Waals surface area contributed by atoms with Gasteiger partial charge in [0.25, 0.3) is 0 Å². The molecule has 4 nitrogen and oxygen atoms in total. The molecule has 1 N–H and O–H groups in total. The fraction of sp³-hybridized carbons (Fsp3) is 0.556. The van der Waals surface area contributed by atoms with Gasteiger partial charge in [0.2, 0.25) is 11.8 Å². The molecule has 1 saturated heterocycles. The molecule has 1 aromatic carbocycles. The molecule has 1 fully saturated rings. The highest BCUT2D eigenvalue weighted by molar-refractivity contribution is 5.90. The minimum Gasteiger partial charge on any atom is -0.342 e. The van der Waals surface area contributed by atoms with E-state index in [-0.39, 0.29) is 29.5 Å². The number of hydrogen-bond acceptors (Lipinski definition) is 2. The van der Waals surface area contributed by atoms with Crippen molar-refractivity contribution in [1.82, 2.24) is 4.90 Å². The van der Waals surface area contributed by atoms with Crippen LogP contribution in [0, 0.1) is 24.6 Å². The van der Waals surface area contributed by atoms with Crippen molar-refractivity contribution < 1.29 is 14.0 Å². The lowest BCUT2D eigenvalue weighted by molar-refractivity contribution is -0.135. The predicted octanol–water partition coefficient (Wildman–Crippen LogP) is 3.36. The zero-order chi connectivity index (χ0) is 17.0. The highest BCUT2D eigenvalue weighted by atomic mass is 19.1. The van der Waals surface area contributed by atoms with E-state index < -0.39 is 0 Å². The largest absolute Gasteiger partial charge is 0.342 e. The molecule has 0 saturated carbocycles. The van der Waals surface area contributed by atoms with Crippen LogP contribution < -0.4 is 5.32 Å². The Morgan fingerprint density at radius 3 is 2.52 bits per heavy atom. The number of carbonyl (C=O) groups is 2. The molecule has 1 aliphatic heterocycles. The van der Waals surface area contributed by atoms with E-state index in [0.29, 0.717) is 30.8 Å². The van der Waals surface area contributed by atoms with Crippen molar-refractivity contribution in [3.8, 4) is 0 Å². The lowest BCUT2D eigenvalue weighted by atomic mass is 9.92. The number of benzene rings is 1. The van der Waals surface area contributed by atoms with Gasteiger partial charge in [0, 0.05) is 31.1 Å². The molecule has 1 aliphatic rings. The Bertz CT molecular complexity index is 578. The van der Waals surface area contributed by atoms with E-state index in [4.69, 9.17) is 0 Å². The average molecular weight is 320 g/mol. The SMILES string of the molecule is Cc1ccc(NC(=O)CC2CCN(C(=O)C(C)C)CC2)cc1F. The number of nitrogens with one attached hydrogen (secondary N) is 1. The summed E-state index contributed by atoms with van der Waals surface area (Å²) in [6, 6.07) is 4.71. The summed E-state index contributed by atoms with van der Waals surface area (Å²) in [6.07, 6.45) is 2.10. The van der Waals surface area contributed by atoms with E-state index in [9.17, 15) is 14.0 Å². The first-order valence-corrected chi connectivity index (χ1v) is 8.21. The maximum absolute atomic E-state index is 13.5. The molecule has 0 aromatic heterocycles. The smallest absolute Gasteiger partial charge is 0.225 e. The molecular formula is C18H25FN2O2. The highest BCUT2D eigenvalue weighted by Gasteiger charge is 2.25. The van der Waals surface area contributed by atoms with Gasteiger partial charge in [-0.15, -0.1) is 0 Å². The van der Waals surface area contributed by atoms with Crippen LogP contribution in [0.4, 0.5) is 10.1 Å². The Balaban J connectivity index is 1.80. The maximum Gasteiger partial charge on any atom is 0.225 e. The van der Waals surface area contributed by atoms with Crippen LogP contribution in [0.3, 0.4) is 0 Å². The minimum absolute atomic E-state index is 0.0197. The van der Waals surface area contributed by atoms with Crippen molar-refractivity contribution in [2.75, 3.05) is 18.4 Å². The van der Waals surface area contributed by atoms with Crippen molar-refractivity contribution in [2.24, 2.45) is 11.8 Å². The fourth-order valence-corrected chi connectivity index (χ4v) is 2.87. The fourth-order valence-electron chi connectivity index (χ4n) is 2.87. The summed E-state index contributed by atoms with van der Waals surface area (Å²) in [5.74, 6) is 0.0704. The van der Waals surface area contributed by atoms with Gasteiger partial charge in [-0.1, -0.05) is 19.9 Å². The van der Waals surface area contributed by atoms with Gasteiger partial charge in [-0.2, -0.15) is 0 Å². The Kier molecular flexibility index (Phi) is 5.74. The molecule has 23 heavy (non-hydrogen) atoms. The summed E-state index contributed by atoms with van der Waals surface area (Å²) >= 11 is 0. The summed E-state index contributed by atoms with van der Waals surface area (Å²) < 4.78 is 13.5. The number of anilines is 1.